The maximum atomic E-state index is 12.3. The summed E-state index contributed by atoms with van der Waals surface area (Å²) in [5.74, 6) is 1.14. The summed E-state index contributed by atoms with van der Waals surface area (Å²) in [6.45, 7) is 2.43. The number of aryl methyl sites for hydroxylation is 1. The molecule has 1 atom stereocenters. The summed E-state index contributed by atoms with van der Waals surface area (Å²) in [4.78, 5) is 14.4. The van der Waals surface area contributed by atoms with Crippen LogP contribution in [-0.4, -0.2) is 41.3 Å². The van der Waals surface area contributed by atoms with Gasteiger partial charge in [0.2, 0.25) is 0 Å². The first-order valence-corrected chi connectivity index (χ1v) is 8.34. The summed E-state index contributed by atoms with van der Waals surface area (Å²) in [7, 11) is 2.02. The zero-order chi connectivity index (χ0) is 16.9. The van der Waals surface area contributed by atoms with E-state index in [1.807, 2.05) is 60.6 Å². The SMILES string of the molecule is C[C@H]1N(CC(=O)CCc2ccccc2)N=C(c2ccccc2)N1C. The number of hydrogen-bond donors (Lipinski definition) is 0. The molecule has 4 nitrogen and oxygen atoms in total. The van der Waals surface area contributed by atoms with Gasteiger partial charge in [0, 0.05) is 19.0 Å². The maximum absolute atomic E-state index is 12.3. The molecule has 0 spiro atoms. The Morgan fingerprint density at radius 2 is 1.67 bits per heavy atom. The van der Waals surface area contributed by atoms with E-state index in [1.54, 1.807) is 0 Å². The van der Waals surface area contributed by atoms with Crippen molar-refractivity contribution in [3.63, 3.8) is 0 Å². The molecule has 0 unspecified atom stereocenters. The highest BCUT2D eigenvalue weighted by atomic mass is 16.1. The zero-order valence-corrected chi connectivity index (χ0v) is 14.2. The van der Waals surface area contributed by atoms with Gasteiger partial charge in [0.15, 0.2) is 11.6 Å². The van der Waals surface area contributed by atoms with Crippen molar-refractivity contribution in [2.45, 2.75) is 25.9 Å². The fourth-order valence-corrected chi connectivity index (χ4v) is 2.86. The molecule has 0 aromatic heterocycles. The number of rotatable bonds is 6. The Bertz CT molecular complexity index is 712. The van der Waals surface area contributed by atoms with Gasteiger partial charge >= 0.3 is 0 Å². The van der Waals surface area contributed by atoms with Crippen LogP contribution in [0.25, 0.3) is 0 Å². The van der Waals surface area contributed by atoms with Gasteiger partial charge in [-0.05, 0) is 18.9 Å². The number of carbonyl (C=O) groups excluding carboxylic acids is 1. The van der Waals surface area contributed by atoms with Crippen LogP contribution in [0.2, 0.25) is 0 Å². The third-order valence-corrected chi connectivity index (χ3v) is 4.45. The topological polar surface area (TPSA) is 35.9 Å². The maximum Gasteiger partial charge on any atom is 0.157 e. The van der Waals surface area contributed by atoms with Gasteiger partial charge in [-0.15, -0.1) is 0 Å². The molecule has 1 heterocycles. The van der Waals surface area contributed by atoms with Crippen LogP contribution in [-0.2, 0) is 11.2 Å². The van der Waals surface area contributed by atoms with E-state index in [0.29, 0.717) is 13.0 Å². The van der Waals surface area contributed by atoms with Crippen LogP contribution in [0.5, 0.6) is 0 Å². The lowest BCUT2D eigenvalue weighted by molar-refractivity contribution is -0.120. The van der Waals surface area contributed by atoms with Gasteiger partial charge in [0.25, 0.3) is 0 Å². The average molecular weight is 321 g/mol. The largest absolute Gasteiger partial charge is 0.336 e. The molecule has 0 saturated heterocycles. The third-order valence-electron chi connectivity index (χ3n) is 4.45. The number of Topliss-reactive ketones (excluding diaryl/α,β-unsaturated/α-hetero) is 1. The number of ketones is 1. The molecule has 0 bridgehead atoms. The predicted octanol–water partition coefficient (Wildman–Crippen LogP) is 3.14. The highest BCUT2D eigenvalue weighted by Crippen LogP contribution is 2.19. The Hall–Kier alpha value is -2.62. The zero-order valence-electron chi connectivity index (χ0n) is 14.2. The van der Waals surface area contributed by atoms with Crippen molar-refractivity contribution in [3.8, 4) is 0 Å². The minimum Gasteiger partial charge on any atom is -0.336 e. The van der Waals surface area contributed by atoms with Gasteiger partial charge in [0.1, 0.15) is 6.17 Å². The monoisotopic (exact) mass is 321 g/mol. The van der Waals surface area contributed by atoms with E-state index in [9.17, 15) is 4.79 Å². The molecular formula is C20H23N3O. The van der Waals surface area contributed by atoms with E-state index in [2.05, 4.69) is 29.1 Å². The van der Waals surface area contributed by atoms with Crippen molar-refractivity contribution >= 4 is 11.6 Å². The van der Waals surface area contributed by atoms with Crippen LogP contribution < -0.4 is 0 Å². The van der Waals surface area contributed by atoms with Crippen LogP contribution in [0.3, 0.4) is 0 Å². The molecule has 0 radical (unpaired) electrons. The van der Waals surface area contributed by atoms with Gasteiger partial charge in [0.05, 0.1) is 6.54 Å². The molecule has 4 heteroatoms. The first-order chi connectivity index (χ1) is 11.6. The average Bonchev–Trinajstić information content (AvgIpc) is 2.90. The molecule has 3 rings (SSSR count). The molecule has 0 saturated carbocycles. The quantitative estimate of drug-likeness (QED) is 0.820. The molecule has 0 fully saturated rings. The number of benzene rings is 2. The van der Waals surface area contributed by atoms with Gasteiger partial charge in [-0.2, -0.15) is 5.10 Å². The summed E-state index contributed by atoms with van der Waals surface area (Å²) < 4.78 is 0. The Labute approximate surface area is 143 Å². The minimum absolute atomic E-state index is 0.0841. The summed E-state index contributed by atoms with van der Waals surface area (Å²) >= 11 is 0. The fraction of sp³-hybridized carbons (Fsp3) is 0.300. The summed E-state index contributed by atoms with van der Waals surface area (Å²) in [5.41, 5.74) is 2.27. The standard InChI is InChI=1S/C20H23N3O/c1-16-22(2)20(18-11-7-4-8-12-18)21-23(16)15-19(24)14-13-17-9-5-3-6-10-17/h3-12,16H,13-15H2,1-2H3/t16-/m1/s1. The van der Waals surface area contributed by atoms with E-state index >= 15 is 0 Å². The van der Waals surface area contributed by atoms with E-state index in [-0.39, 0.29) is 11.9 Å². The lowest BCUT2D eigenvalue weighted by Crippen LogP contribution is -2.39. The summed E-state index contributed by atoms with van der Waals surface area (Å²) in [6.07, 6.45) is 1.42. The molecule has 124 valence electrons. The Kier molecular flexibility index (Phi) is 4.94. The van der Waals surface area contributed by atoms with Crippen LogP contribution in [0.4, 0.5) is 0 Å². The van der Waals surface area contributed by atoms with Crippen molar-refractivity contribution in [3.05, 3.63) is 71.8 Å². The molecule has 1 aliphatic rings. The van der Waals surface area contributed by atoms with Crippen LogP contribution in [0.1, 0.15) is 24.5 Å². The molecule has 0 amide bonds. The summed E-state index contributed by atoms with van der Waals surface area (Å²) in [5, 5.41) is 6.55. The third kappa shape index (κ3) is 3.65. The van der Waals surface area contributed by atoms with Crippen LogP contribution in [0, 0.1) is 0 Å². The molecule has 2 aromatic carbocycles. The van der Waals surface area contributed by atoms with Crippen molar-refractivity contribution in [1.82, 2.24) is 9.91 Å². The fourth-order valence-electron chi connectivity index (χ4n) is 2.86. The van der Waals surface area contributed by atoms with Crippen molar-refractivity contribution in [2.24, 2.45) is 5.10 Å². The van der Waals surface area contributed by atoms with Crippen LogP contribution >= 0.6 is 0 Å². The molecule has 24 heavy (non-hydrogen) atoms. The molecule has 2 aromatic rings. The predicted molar refractivity (Wildman–Crippen MR) is 96.7 cm³/mol. The number of amidine groups is 1. The lowest BCUT2D eigenvalue weighted by Gasteiger charge is -2.25. The number of hydrazone groups is 1. The van der Waals surface area contributed by atoms with Crippen molar-refractivity contribution in [2.75, 3.05) is 13.6 Å². The second-order valence-electron chi connectivity index (χ2n) is 6.15. The molecule has 1 aliphatic heterocycles. The normalized spacial score (nSPS) is 17.1. The minimum atomic E-state index is 0.0841. The van der Waals surface area contributed by atoms with E-state index in [4.69, 9.17) is 0 Å². The van der Waals surface area contributed by atoms with Gasteiger partial charge in [-0.3, -0.25) is 9.80 Å². The molecule has 0 N–H and O–H groups in total. The Balaban J connectivity index is 1.62. The molecular weight excluding hydrogens is 298 g/mol. The first kappa shape index (κ1) is 16.2. The van der Waals surface area contributed by atoms with Crippen molar-refractivity contribution in [1.29, 1.82) is 0 Å². The smallest absolute Gasteiger partial charge is 0.157 e. The lowest BCUT2D eigenvalue weighted by atomic mass is 10.1. The van der Waals surface area contributed by atoms with E-state index in [1.165, 1.54) is 5.56 Å². The summed E-state index contributed by atoms with van der Waals surface area (Å²) in [6, 6.07) is 20.2. The van der Waals surface area contributed by atoms with Gasteiger partial charge in [-0.25, -0.2) is 0 Å². The van der Waals surface area contributed by atoms with Gasteiger partial charge in [-0.1, -0.05) is 60.7 Å². The van der Waals surface area contributed by atoms with E-state index < -0.39 is 0 Å². The Morgan fingerprint density at radius 3 is 2.33 bits per heavy atom. The molecule has 0 aliphatic carbocycles. The number of carbonyl (C=O) groups is 1. The second-order valence-corrected chi connectivity index (χ2v) is 6.15. The first-order valence-electron chi connectivity index (χ1n) is 8.34. The number of hydrogen-bond acceptors (Lipinski definition) is 4. The van der Waals surface area contributed by atoms with Crippen molar-refractivity contribution < 1.29 is 4.79 Å². The Morgan fingerprint density at radius 1 is 1.04 bits per heavy atom. The van der Waals surface area contributed by atoms with Gasteiger partial charge < -0.3 is 4.90 Å². The highest BCUT2D eigenvalue weighted by molar-refractivity contribution is 5.99. The van der Waals surface area contributed by atoms with E-state index in [0.717, 1.165) is 17.8 Å². The second kappa shape index (κ2) is 7.30. The van der Waals surface area contributed by atoms with Crippen LogP contribution in [0.15, 0.2) is 65.8 Å². The highest BCUT2D eigenvalue weighted by Gasteiger charge is 2.29. The number of nitrogens with zero attached hydrogens (tertiary/aromatic N) is 3.